The van der Waals surface area contributed by atoms with Crippen molar-refractivity contribution < 1.29 is 9.90 Å². The van der Waals surface area contributed by atoms with E-state index < -0.39 is 5.97 Å². The van der Waals surface area contributed by atoms with Gasteiger partial charge in [0.15, 0.2) is 5.65 Å². The molecular formula is C13H10N4O2. The molecule has 19 heavy (non-hydrogen) atoms. The minimum absolute atomic E-state index is 0.243. The molecular weight excluding hydrogens is 244 g/mol. The molecule has 94 valence electrons. The molecule has 3 rings (SSSR count). The van der Waals surface area contributed by atoms with Crippen LogP contribution in [0.1, 0.15) is 10.4 Å². The molecule has 0 aliphatic rings. The lowest BCUT2D eigenvalue weighted by molar-refractivity contribution is 0.0697. The predicted molar refractivity (Wildman–Crippen MR) is 69.8 cm³/mol. The molecule has 0 aliphatic carbocycles. The van der Waals surface area contributed by atoms with Gasteiger partial charge in [0.1, 0.15) is 5.82 Å². The van der Waals surface area contributed by atoms with Crippen molar-refractivity contribution in [3.63, 3.8) is 0 Å². The van der Waals surface area contributed by atoms with E-state index in [0.717, 1.165) is 11.1 Å². The summed E-state index contributed by atoms with van der Waals surface area (Å²) < 4.78 is 1.54. The van der Waals surface area contributed by atoms with Gasteiger partial charge in [-0.25, -0.2) is 9.78 Å². The highest BCUT2D eigenvalue weighted by molar-refractivity contribution is 5.89. The Bertz CT molecular complexity index is 762. The molecule has 2 heterocycles. The summed E-state index contributed by atoms with van der Waals surface area (Å²) in [6, 6.07) is 8.22. The summed E-state index contributed by atoms with van der Waals surface area (Å²) in [7, 11) is 0. The number of nitrogen functional groups attached to an aromatic ring is 1. The molecule has 3 N–H and O–H groups in total. The maximum atomic E-state index is 10.8. The molecule has 0 amide bonds. The molecule has 0 unspecified atom stereocenters. The van der Waals surface area contributed by atoms with E-state index in [1.54, 1.807) is 47.2 Å². The van der Waals surface area contributed by atoms with Crippen molar-refractivity contribution in [2.45, 2.75) is 0 Å². The van der Waals surface area contributed by atoms with Crippen LogP contribution in [-0.4, -0.2) is 25.7 Å². The largest absolute Gasteiger partial charge is 0.478 e. The number of aromatic nitrogens is 3. The molecule has 0 fully saturated rings. The summed E-state index contributed by atoms with van der Waals surface area (Å²) in [5.41, 5.74) is 8.33. The van der Waals surface area contributed by atoms with Crippen molar-refractivity contribution in [2.75, 3.05) is 5.73 Å². The summed E-state index contributed by atoms with van der Waals surface area (Å²) in [6.07, 6.45) is 3.27. The Morgan fingerprint density at radius 3 is 2.63 bits per heavy atom. The molecule has 2 aromatic heterocycles. The molecule has 6 heteroatoms. The second-order valence-corrected chi connectivity index (χ2v) is 4.05. The van der Waals surface area contributed by atoms with Crippen molar-refractivity contribution in [1.82, 2.24) is 14.6 Å². The SMILES string of the molecule is Nc1ccnc2c(-c3ccc(C(=O)O)cc3)cnn12. The zero-order valence-corrected chi connectivity index (χ0v) is 9.82. The van der Waals surface area contributed by atoms with Crippen LogP contribution in [0.3, 0.4) is 0 Å². The van der Waals surface area contributed by atoms with E-state index in [9.17, 15) is 4.79 Å². The number of benzene rings is 1. The molecule has 1 aromatic carbocycles. The number of nitrogens with two attached hydrogens (primary N) is 1. The quantitative estimate of drug-likeness (QED) is 0.725. The van der Waals surface area contributed by atoms with E-state index in [4.69, 9.17) is 10.8 Å². The Morgan fingerprint density at radius 2 is 1.95 bits per heavy atom. The number of anilines is 1. The van der Waals surface area contributed by atoms with Gasteiger partial charge in [-0.15, -0.1) is 0 Å². The van der Waals surface area contributed by atoms with Crippen LogP contribution in [0.2, 0.25) is 0 Å². The third-order valence-corrected chi connectivity index (χ3v) is 2.87. The maximum absolute atomic E-state index is 10.8. The van der Waals surface area contributed by atoms with E-state index in [2.05, 4.69) is 10.1 Å². The number of carbonyl (C=O) groups is 1. The zero-order chi connectivity index (χ0) is 13.4. The number of hydrogen-bond donors (Lipinski definition) is 2. The van der Waals surface area contributed by atoms with Gasteiger partial charge in [-0.2, -0.15) is 9.61 Å². The summed E-state index contributed by atoms with van der Waals surface area (Å²) in [5.74, 6) is -0.452. The van der Waals surface area contributed by atoms with Crippen molar-refractivity contribution in [2.24, 2.45) is 0 Å². The lowest BCUT2D eigenvalue weighted by Crippen LogP contribution is -1.98. The van der Waals surface area contributed by atoms with E-state index in [0.29, 0.717) is 11.5 Å². The van der Waals surface area contributed by atoms with Gasteiger partial charge in [-0.05, 0) is 23.8 Å². The smallest absolute Gasteiger partial charge is 0.335 e. The number of fused-ring (bicyclic) bond motifs is 1. The number of hydrogen-bond acceptors (Lipinski definition) is 4. The van der Waals surface area contributed by atoms with Crippen LogP contribution in [0.25, 0.3) is 16.8 Å². The van der Waals surface area contributed by atoms with E-state index >= 15 is 0 Å². The van der Waals surface area contributed by atoms with Crippen LogP contribution >= 0.6 is 0 Å². The summed E-state index contributed by atoms with van der Waals surface area (Å²) in [5, 5.41) is 13.0. The van der Waals surface area contributed by atoms with Gasteiger partial charge in [0.25, 0.3) is 0 Å². The van der Waals surface area contributed by atoms with Gasteiger partial charge in [0, 0.05) is 11.8 Å². The van der Waals surface area contributed by atoms with E-state index in [1.807, 2.05) is 0 Å². The third kappa shape index (κ3) is 1.79. The highest BCUT2D eigenvalue weighted by Gasteiger charge is 2.10. The van der Waals surface area contributed by atoms with Crippen LogP contribution < -0.4 is 5.73 Å². The van der Waals surface area contributed by atoms with Crippen molar-refractivity contribution in [1.29, 1.82) is 0 Å². The van der Waals surface area contributed by atoms with Gasteiger partial charge in [0.2, 0.25) is 0 Å². The summed E-state index contributed by atoms with van der Waals surface area (Å²) >= 11 is 0. The molecule has 0 spiro atoms. The molecule has 0 radical (unpaired) electrons. The zero-order valence-electron chi connectivity index (χ0n) is 9.82. The standard InChI is InChI=1S/C13H10N4O2/c14-11-5-6-15-12-10(7-16-17(11)12)8-1-3-9(4-2-8)13(18)19/h1-7H,14H2,(H,18,19). The average Bonchev–Trinajstić information content (AvgIpc) is 2.84. The van der Waals surface area contributed by atoms with Crippen LogP contribution in [-0.2, 0) is 0 Å². The second-order valence-electron chi connectivity index (χ2n) is 4.05. The van der Waals surface area contributed by atoms with Crippen LogP contribution in [0.5, 0.6) is 0 Å². The molecule has 0 saturated carbocycles. The van der Waals surface area contributed by atoms with Crippen molar-refractivity contribution in [3.8, 4) is 11.1 Å². The first kappa shape index (κ1) is 11.2. The number of nitrogens with zero attached hydrogens (tertiary/aromatic N) is 3. The van der Waals surface area contributed by atoms with Crippen molar-refractivity contribution >= 4 is 17.4 Å². The Labute approximate surface area is 108 Å². The van der Waals surface area contributed by atoms with Gasteiger partial charge in [-0.3, -0.25) is 0 Å². The first-order valence-corrected chi connectivity index (χ1v) is 5.59. The fourth-order valence-corrected chi connectivity index (χ4v) is 1.91. The normalized spacial score (nSPS) is 10.7. The predicted octanol–water partition coefficient (Wildman–Crippen LogP) is 1.68. The van der Waals surface area contributed by atoms with Gasteiger partial charge < -0.3 is 10.8 Å². The Kier molecular flexibility index (Phi) is 2.42. The maximum Gasteiger partial charge on any atom is 0.335 e. The Balaban J connectivity index is 2.14. The van der Waals surface area contributed by atoms with Crippen LogP contribution in [0.4, 0.5) is 5.82 Å². The lowest BCUT2D eigenvalue weighted by atomic mass is 10.1. The lowest BCUT2D eigenvalue weighted by Gasteiger charge is -2.01. The minimum atomic E-state index is -0.950. The highest BCUT2D eigenvalue weighted by atomic mass is 16.4. The van der Waals surface area contributed by atoms with Crippen LogP contribution in [0, 0.1) is 0 Å². The van der Waals surface area contributed by atoms with Crippen molar-refractivity contribution in [3.05, 3.63) is 48.3 Å². The van der Waals surface area contributed by atoms with E-state index in [1.165, 1.54) is 0 Å². The monoisotopic (exact) mass is 254 g/mol. The molecule has 0 atom stereocenters. The number of carboxylic acids is 1. The second kappa shape index (κ2) is 4.09. The van der Waals surface area contributed by atoms with Gasteiger partial charge in [0.05, 0.1) is 11.8 Å². The number of carboxylic acid groups (broad SMARTS) is 1. The molecule has 3 aromatic rings. The highest BCUT2D eigenvalue weighted by Crippen LogP contribution is 2.24. The first-order chi connectivity index (χ1) is 9.16. The summed E-state index contributed by atoms with van der Waals surface area (Å²) in [6.45, 7) is 0. The third-order valence-electron chi connectivity index (χ3n) is 2.87. The van der Waals surface area contributed by atoms with Crippen LogP contribution in [0.15, 0.2) is 42.7 Å². The molecule has 0 bridgehead atoms. The minimum Gasteiger partial charge on any atom is -0.478 e. The topological polar surface area (TPSA) is 93.5 Å². The van der Waals surface area contributed by atoms with Gasteiger partial charge in [-0.1, -0.05) is 12.1 Å². The molecule has 0 aliphatic heterocycles. The first-order valence-electron chi connectivity index (χ1n) is 5.59. The average molecular weight is 254 g/mol. The molecule has 0 saturated heterocycles. The Hall–Kier alpha value is -2.89. The Morgan fingerprint density at radius 1 is 1.21 bits per heavy atom. The number of rotatable bonds is 2. The van der Waals surface area contributed by atoms with Gasteiger partial charge >= 0.3 is 5.97 Å². The summed E-state index contributed by atoms with van der Waals surface area (Å²) in [4.78, 5) is 15.1. The van der Waals surface area contributed by atoms with E-state index in [-0.39, 0.29) is 5.56 Å². The fourth-order valence-electron chi connectivity index (χ4n) is 1.91. The fraction of sp³-hybridized carbons (Fsp3) is 0. The molecule has 6 nitrogen and oxygen atoms in total. The number of aromatic carboxylic acids is 1.